The van der Waals surface area contributed by atoms with Gasteiger partial charge >= 0.3 is 8.80 Å². The molecule has 0 saturated heterocycles. The summed E-state index contributed by atoms with van der Waals surface area (Å²) in [5.41, 5.74) is 0. The topological polar surface area (TPSA) is 74.1 Å². The third kappa shape index (κ3) is 6.55. The van der Waals surface area contributed by atoms with Crippen LogP contribution in [0, 0.1) is 0 Å². The molecule has 0 spiro atoms. The van der Waals surface area contributed by atoms with Crippen molar-refractivity contribution in [3.8, 4) is 0 Å². The minimum absolute atomic E-state index is 0. The molecule has 1 aliphatic rings. The van der Waals surface area contributed by atoms with E-state index < -0.39 is 14.8 Å². The summed E-state index contributed by atoms with van der Waals surface area (Å²) in [7, 11) is 2.31. The Morgan fingerprint density at radius 2 is 1.95 bits per heavy atom. The number of carbonyl (C=O) groups excluding carboxylic acids is 1. The molecule has 124 valence electrons. The van der Waals surface area contributed by atoms with E-state index in [2.05, 4.69) is 4.90 Å². The van der Waals surface area contributed by atoms with Crippen LogP contribution in [-0.2, 0) is 18.1 Å². The molecule has 8 heteroatoms. The average Bonchev–Trinajstić information content (AvgIpc) is 2.44. The largest absolute Gasteiger partial charge is 0.546 e. The van der Waals surface area contributed by atoms with Gasteiger partial charge in [0.05, 0.1) is 25.6 Å². The summed E-state index contributed by atoms with van der Waals surface area (Å²) in [6, 6.07) is 0.737. The molecule has 1 rings (SSSR count). The fourth-order valence-electron chi connectivity index (χ4n) is 2.33. The predicted molar refractivity (Wildman–Crippen MR) is 80.2 cm³/mol. The molecule has 0 fully saturated rings. The van der Waals surface area contributed by atoms with E-state index in [1.807, 2.05) is 6.34 Å². The number of hydrogen-bond donors (Lipinski definition) is 0. The predicted octanol–water partition coefficient (Wildman–Crippen LogP) is -0.613. The Hall–Kier alpha value is -0.963. The average molecular weight is 320 g/mol. The van der Waals surface area contributed by atoms with Crippen molar-refractivity contribution in [2.45, 2.75) is 26.3 Å². The van der Waals surface area contributed by atoms with Gasteiger partial charge < -0.3 is 23.2 Å². The monoisotopic (exact) mass is 320 g/mol. The first-order valence-corrected chi connectivity index (χ1v) is 8.67. The highest BCUT2D eigenvalue weighted by Crippen LogP contribution is 2.15. The second-order valence-corrected chi connectivity index (χ2v) is 7.84. The van der Waals surface area contributed by atoms with Gasteiger partial charge in [0.1, 0.15) is 6.54 Å². The van der Waals surface area contributed by atoms with Gasteiger partial charge in [-0.2, -0.15) is 0 Å². The van der Waals surface area contributed by atoms with E-state index in [0.717, 1.165) is 38.5 Å². The highest BCUT2D eigenvalue weighted by atomic mass is 28.4. The van der Waals surface area contributed by atoms with E-state index in [-0.39, 0.29) is 14.0 Å². The number of aliphatic carboxylic acids is 1. The first-order chi connectivity index (χ1) is 9.55. The van der Waals surface area contributed by atoms with Crippen molar-refractivity contribution in [3.63, 3.8) is 0 Å². The molecule has 0 saturated carbocycles. The first kappa shape index (κ1) is 20.0. The maximum Gasteiger partial charge on any atom is 0.500 e. The van der Waals surface area contributed by atoms with E-state index in [4.69, 9.17) is 13.3 Å². The molecule has 21 heavy (non-hydrogen) atoms. The van der Waals surface area contributed by atoms with Crippen LogP contribution in [-0.4, -0.2) is 78.1 Å². The Kier molecular flexibility index (Phi) is 9.43. The van der Waals surface area contributed by atoms with Crippen molar-refractivity contribution in [3.05, 3.63) is 0 Å². The van der Waals surface area contributed by atoms with Crippen LogP contribution in [0.4, 0.5) is 0 Å². The fraction of sp³-hybridized carbons (Fsp3) is 0.846. The van der Waals surface area contributed by atoms with E-state index in [1.54, 1.807) is 25.9 Å². The number of carboxylic acid groups (broad SMARTS) is 1. The second kappa shape index (κ2) is 9.88. The Morgan fingerprint density at radius 3 is 2.48 bits per heavy atom. The zero-order valence-electron chi connectivity index (χ0n) is 12.5. The standard InChI is InChI=1S/C12H24N2O5Si.CH4/c1-17-20(18-2,19-3)9-5-8-13-6-4-7-14(11-13)10-12(15)16;/h11H,4-10H2,1-3H3;1H4. The summed E-state index contributed by atoms with van der Waals surface area (Å²) in [4.78, 5) is 12.7. The number of hydrogen-bond acceptors (Lipinski definition) is 6. The lowest BCUT2D eigenvalue weighted by Gasteiger charge is -2.25. The Labute approximate surface area is 128 Å². The van der Waals surface area contributed by atoms with Gasteiger partial charge in [-0.3, -0.25) is 9.48 Å². The third-order valence-corrected chi connectivity index (χ3v) is 6.24. The maximum atomic E-state index is 10.6. The molecule has 0 bridgehead atoms. The zero-order valence-corrected chi connectivity index (χ0v) is 13.5. The normalized spacial score (nSPS) is 15.4. The minimum Gasteiger partial charge on any atom is -0.546 e. The Balaban J connectivity index is 0.00000400. The molecule has 7 nitrogen and oxygen atoms in total. The third-order valence-electron chi connectivity index (χ3n) is 3.41. The Morgan fingerprint density at radius 1 is 1.33 bits per heavy atom. The lowest BCUT2D eigenvalue weighted by atomic mass is 10.3. The molecule has 0 radical (unpaired) electrons. The molecule has 0 N–H and O–H groups in total. The summed E-state index contributed by atoms with van der Waals surface area (Å²) in [6.45, 7) is 2.47. The smallest absolute Gasteiger partial charge is 0.500 e. The first-order valence-electron chi connectivity index (χ1n) is 6.73. The van der Waals surface area contributed by atoms with Crippen molar-refractivity contribution in [1.29, 1.82) is 0 Å². The van der Waals surface area contributed by atoms with Gasteiger partial charge in [-0.25, -0.2) is 0 Å². The van der Waals surface area contributed by atoms with Gasteiger partial charge in [-0.05, 0) is 6.42 Å². The van der Waals surface area contributed by atoms with Gasteiger partial charge in [-0.1, -0.05) is 7.43 Å². The molecule has 1 heterocycles. The van der Waals surface area contributed by atoms with E-state index in [0.29, 0.717) is 0 Å². The van der Waals surface area contributed by atoms with Crippen LogP contribution in [0.5, 0.6) is 0 Å². The molecule has 1 aliphatic heterocycles. The van der Waals surface area contributed by atoms with Gasteiger partial charge in [0.25, 0.3) is 0 Å². The summed E-state index contributed by atoms with van der Waals surface area (Å²) in [5, 5.41) is 10.6. The molecular weight excluding hydrogens is 292 g/mol. The lowest BCUT2D eigenvalue weighted by Crippen LogP contribution is -2.44. The van der Waals surface area contributed by atoms with Gasteiger partial charge in [0, 0.05) is 33.8 Å². The zero-order chi connectivity index (χ0) is 15.0. The second-order valence-electron chi connectivity index (χ2n) is 4.75. The summed E-state index contributed by atoms with van der Waals surface area (Å²) >= 11 is 0. The van der Waals surface area contributed by atoms with Crippen LogP contribution in [0.1, 0.15) is 20.3 Å². The van der Waals surface area contributed by atoms with Crippen molar-refractivity contribution in [2.24, 2.45) is 0 Å². The quantitative estimate of drug-likeness (QED) is 0.417. The van der Waals surface area contributed by atoms with Crippen LogP contribution in [0.15, 0.2) is 0 Å². The van der Waals surface area contributed by atoms with Crippen LogP contribution < -0.4 is 5.11 Å². The van der Waals surface area contributed by atoms with Crippen LogP contribution in [0.25, 0.3) is 0 Å². The van der Waals surface area contributed by atoms with Gasteiger partial charge in [0.15, 0.2) is 0 Å². The number of carboxylic acids is 1. The minimum atomic E-state index is -2.50. The van der Waals surface area contributed by atoms with Crippen molar-refractivity contribution < 1.29 is 27.8 Å². The maximum absolute atomic E-state index is 10.6. The van der Waals surface area contributed by atoms with Crippen LogP contribution >= 0.6 is 0 Å². The van der Waals surface area contributed by atoms with E-state index in [9.17, 15) is 9.90 Å². The molecule has 0 aromatic rings. The van der Waals surface area contributed by atoms with Crippen LogP contribution in [0.3, 0.4) is 0 Å². The number of carbonyl (C=O) groups is 1. The number of nitrogens with zero attached hydrogens (tertiary/aromatic N) is 2. The molecule has 0 unspecified atom stereocenters. The van der Waals surface area contributed by atoms with Crippen LogP contribution in [0.2, 0.25) is 6.04 Å². The lowest BCUT2D eigenvalue weighted by molar-refractivity contribution is -0.533. The highest BCUT2D eigenvalue weighted by Gasteiger charge is 2.37. The molecular formula is C13H28N2O5Si. The van der Waals surface area contributed by atoms with Crippen molar-refractivity contribution in [1.82, 2.24) is 4.90 Å². The van der Waals surface area contributed by atoms with Crippen molar-refractivity contribution in [2.75, 3.05) is 47.5 Å². The van der Waals surface area contributed by atoms with Gasteiger partial charge in [-0.15, -0.1) is 0 Å². The number of rotatable bonds is 9. The highest BCUT2D eigenvalue weighted by molar-refractivity contribution is 6.60. The fourth-order valence-corrected chi connectivity index (χ4v) is 4.04. The molecule has 0 amide bonds. The molecule has 0 aromatic carbocycles. The summed E-state index contributed by atoms with van der Waals surface area (Å²) < 4.78 is 17.9. The van der Waals surface area contributed by atoms with Crippen molar-refractivity contribution >= 4 is 21.1 Å². The summed E-state index contributed by atoms with van der Waals surface area (Å²) in [5.74, 6) is -1.05. The van der Waals surface area contributed by atoms with Gasteiger partial charge in [0.2, 0.25) is 6.34 Å². The molecule has 0 atom stereocenters. The summed E-state index contributed by atoms with van der Waals surface area (Å²) in [6.07, 6.45) is 3.69. The van der Waals surface area contributed by atoms with E-state index >= 15 is 0 Å². The molecule has 0 aromatic heterocycles. The Bertz CT molecular complexity index is 339. The van der Waals surface area contributed by atoms with E-state index in [1.165, 1.54) is 0 Å². The SMILES string of the molecule is C.CO[Si](CCCN1C=[N+](CC(=O)[O-])CCC1)(OC)OC. The molecule has 0 aliphatic carbocycles.